The molecule has 124 valence electrons. The van der Waals surface area contributed by atoms with E-state index in [0.29, 0.717) is 17.4 Å². The minimum Gasteiger partial charge on any atom is -0.334 e. The van der Waals surface area contributed by atoms with Gasteiger partial charge in [0.15, 0.2) is 5.82 Å². The Hall–Kier alpha value is -1.97. The van der Waals surface area contributed by atoms with Crippen LogP contribution in [-0.2, 0) is 10.0 Å². The van der Waals surface area contributed by atoms with Crippen molar-refractivity contribution in [1.82, 2.24) is 20.4 Å². The first-order valence-electron chi connectivity index (χ1n) is 7.25. The number of hydrogen-bond acceptors (Lipinski definition) is 7. The highest BCUT2D eigenvalue weighted by Crippen LogP contribution is 2.24. The first-order chi connectivity index (χ1) is 10.9. The predicted molar refractivity (Wildman–Crippen MR) is 86.4 cm³/mol. The lowest BCUT2D eigenvalue weighted by Gasteiger charge is -2.30. The van der Waals surface area contributed by atoms with E-state index in [-0.39, 0.29) is 6.04 Å². The van der Waals surface area contributed by atoms with E-state index < -0.39 is 10.0 Å². The van der Waals surface area contributed by atoms with Gasteiger partial charge in [0.1, 0.15) is 0 Å². The molecule has 1 unspecified atom stereocenters. The van der Waals surface area contributed by atoms with E-state index >= 15 is 0 Å². The van der Waals surface area contributed by atoms with Crippen LogP contribution < -0.4 is 10.0 Å². The molecular formula is C14H19N5O3S. The highest BCUT2D eigenvalue weighted by atomic mass is 32.2. The Balaban J connectivity index is 1.77. The number of likely N-dealkylation sites (N-methyl/N-ethyl adjacent to an activating group) is 1. The maximum absolute atomic E-state index is 11.2. The summed E-state index contributed by atoms with van der Waals surface area (Å²) in [6, 6.07) is 6.90. The van der Waals surface area contributed by atoms with E-state index in [2.05, 4.69) is 25.1 Å². The molecule has 23 heavy (non-hydrogen) atoms. The summed E-state index contributed by atoms with van der Waals surface area (Å²) < 4.78 is 30.2. The van der Waals surface area contributed by atoms with Crippen LogP contribution in [0.15, 0.2) is 28.8 Å². The Bertz CT molecular complexity index is 772. The zero-order valence-corrected chi connectivity index (χ0v) is 13.8. The zero-order valence-electron chi connectivity index (χ0n) is 13.0. The van der Waals surface area contributed by atoms with Crippen LogP contribution in [0.4, 0.5) is 5.69 Å². The average molecular weight is 337 g/mol. The Morgan fingerprint density at radius 2 is 2.09 bits per heavy atom. The van der Waals surface area contributed by atoms with Crippen LogP contribution in [-0.4, -0.2) is 56.4 Å². The monoisotopic (exact) mass is 337 g/mol. The van der Waals surface area contributed by atoms with Crippen molar-refractivity contribution in [2.24, 2.45) is 0 Å². The van der Waals surface area contributed by atoms with Gasteiger partial charge in [0.05, 0.1) is 12.3 Å². The summed E-state index contributed by atoms with van der Waals surface area (Å²) in [6.07, 6.45) is 1.11. The molecule has 1 aromatic carbocycles. The molecule has 8 nitrogen and oxygen atoms in total. The lowest BCUT2D eigenvalue weighted by Crippen LogP contribution is -2.44. The number of anilines is 1. The van der Waals surface area contributed by atoms with Gasteiger partial charge in [-0.3, -0.25) is 9.62 Å². The Morgan fingerprint density at radius 1 is 1.35 bits per heavy atom. The van der Waals surface area contributed by atoms with E-state index in [4.69, 9.17) is 4.52 Å². The molecule has 0 aliphatic carbocycles. The number of rotatable bonds is 4. The molecule has 0 spiro atoms. The van der Waals surface area contributed by atoms with Crippen LogP contribution in [0.2, 0.25) is 0 Å². The molecule has 0 bridgehead atoms. The standard InChI is InChI=1S/C14H19N5O3S/c1-19-8-7-15-9-12(19)13-16-14(22-17-13)10-3-5-11(6-4-10)18-23(2,20)21/h3-6,12,15,18H,7-9H2,1-2H3. The van der Waals surface area contributed by atoms with Crippen LogP contribution in [0, 0.1) is 0 Å². The molecule has 1 aliphatic rings. The molecule has 1 atom stereocenters. The van der Waals surface area contributed by atoms with Gasteiger partial charge >= 0.3 is 0 Å². The summed E-state index contributed by atoms with van der Waals surface area (Å²) in [6.45, 7) is 2.67. The molecule has 1 aliphatic heterocycles. The second kappa shape index (κ2) is 6.26. The number of hydrogen-bond donors (Lipinski definition) is 2. The molecule has 0 radical (unpaired) electrons. The predicted octanol–water partition coefficient (Wildman–Crippen LogP) is 0.684. The molecule has 1 fully saturated rings. The zero-order chi connectivity index (χ0) is 16.4. The van der Waals surface area contributed by atoms with Gasteiger partial charge < -0.3 is 9.84 Å². The Kier molecular flexibility index (Phi) is 4.33. The largest absolute Gasteiger partial charge is 0.334 e. The summed E-state index contributed by atoms with van der Waals surface area (Å²) >= 11 is 0. The summed E-state index contributed by atoms with van der Waals surface area (Å²) in [4.78, 5) is 6.65. The molecule has 9 heteroatoms. The Labute approximate surface area is 134 Å². The minimum atomic E-state index is -3.29. The van der Waals surface area contributed by atoms with Crippen molar-refractivity contribution in [2.75, 3.05) is 37.7 Å². The second-order valence-electron chi connectivity index (χ2n) is 5.61. The number of piperazine rings is 1. The molecule has 0 amide bonds. The van der Waals surface area contributed by atoms with Crippen LogP contribution in [0.25, 0.3) is 11.5 Å². The van der Waals surface area contributed by atoms with Crippen molar-refractivity contribution >= 4 is 15.7 Å². The maximum atomic E-state index is 11.2. The number of nitrogens with zero attached hydrogens (tertiary/aromatic N) is 3. The first-order valence-corrected chi connectivity index (χ1v) is 9.14. The summed E-state index contributed by atoms with van der Waals surface area (Å²) in [5.74, 6) is 1.07. The quantitative estimate of drug-likeness (QED) is 0.846. The van der Waals surface area contributed by atoms with Gasteiger partial charge in [-0.1, -0.05) is 5.16 Å². The Morgan fingerprint density at radius 3 is 2.74 bits per heavy atom. The lowest BCUT2D eigenvalue weighted by molar-refractivity contribution is 0.190. The van der Waals surface area contributed by atoms with Crippen LogP contribution in [0.5, 0.6) is 0 Å². The van der Waals surface area contributed by atoms with Gasteiger partial charge in [0.25, 0.3) is 5.89 Å². The molecule has 3 rings (SSSR count). The molecule has 2 N–H and O–H groups in total. The number of aromatic nitrogens is 2. The second-order valence-corrected chi connectivity index (χ2v) is 7.36. The van der Waals surface area contributed by atoms with Gasteiger partial charge in [0.2, 0.25) is 10.0 Å². The van der Waals surface area contributed by atoms with Crippen molar-refractivity contribution in [2.45, 2.75) is 6.04 Å². The third kappa shape index (κ3) is 3.87. The van der Waals surface area contributed by atoms with E-state index in [9.17, 15) is 8.42 Å². The van der Waals surface area contributed by atoms with Gasteiger partial charge in [0, 0.05) is 30.9 Å². The van der Waals surface area contributed by atoms with E-state index in [1.54, 1.807) is 24.3 Å². The van der Waals surface area contributed by atoms with Crippen molar-refractivity contribution in [3.05, 3.63) is 30.1 Å². The fourth-order valence-corrected chi connectivity index (χ4v) is 3.04. The lowest BCUT2D eigenvalue weighted by atomic mass is 10.2. The maximum Gasteiger partial charge on any atom is 0.257 e. The van der Waals surface area contributed by atoms with Crippen LogP contribution in [0.1, 0.15) is 11.9 Å². The smallest absolute Gasteiger partial charge is 0.257 e. The van der Waals surface area contributed by atoms with Gasteiger partial charge in [-0.2, -0.15) is 4.98 Å². The molecular weight excluding hydrogens is 318 g/mol. The number of benzene rings is 1. The molecule has 2 heterocycles. The van der Waals surface area contributed by atoms with Crippen molar-refractivity contribution in [3.63, 3.8) is 0 Å². The third-order valence-electron chi connectivity index (χ3n) is 3.69. The first kappa shape index (κ1) is 15.9. The fraction of sp³-hybridized carbons (Fsp3) is 0.429. The average Bonchev–Trinajstić information content (AvgIpc) is 2.96. The minimum absolute atomic E-state index is 0.0902. The fourth-order valence-electron chi connectivity index (χ4n) is 2.48. The topological polar surface area (TPSA) is 100 Å². The number of sulfonamides is 1. The van der Waals surface area contributed by atoms with Gasteiger partial charge in [-0.05, 0) is 31.3 Å². The van der Waals surface area contributed by atoms with Crippen LogP contribution in [0.3, 0.4) is 0 Å². The molecule has 2 aromatic rings. The van der Waals surface area contributed by atoms with Crippen LogP contribution >= 0.6 is 0 Å². The third-order valence-corrected chi connectivity index (χ3v) is 4.29. The molecule has 1 aromatic heterocycles. The highest BCUT2D eigenvalue weighted by molar-refractivity contribution is 7.92. The van der Waals surface area contributed by atoms with E-state index in [1.165, 1.54) is 0 Å². The summed E-state index contributed by atoms with van der Waals surface area (Å²) in [5.41, 5.74) is 1.24. The molecule has 1 saturated heterocycles. The normalized spacial score (nSPS) is 19.7. The van der Waals surface area contributed by atoms with Gasteiger partial charge in [-0.15, -0.1) is 0 Å². The van der Waals surface area contributed by atoms with Crippen molar-refractivity contribution in [1.29, 1.82) is 0 Å². The van der Waals surface area contributed by atoms with Gasteiger partial charge in [-0.25, -0.2) is 8.42 Å². The van der Waals surface area contributed by atoms with Crippen molar-refractivity contribution < 1.29 is 12.9 Å². The van der Waals surface area contributed by atoms with E-state index in [1.807, 2.05) is 7.05 Å². The summed E-state index contributed by atoms with van der Waals surface area (Å²) in [5, 5.41) is 7.38. The van der Waals surface area contributed by atoms with E-state index in [0.717, 1.165) is 31.5 Å². The van der Waals surface area contributed by atoms with Crippen molar-refractivity contribution in [3.8, 4) is 11.5 Å². The molecule has 0 saturated carbocycles. The summed E-state index contributed by atoms with van der Waals surface area (Å²) in [7, 11) is -1.25. The highest BCUT2D eigenvalue weighted by Gasteiger charge is 2.25. The SMILES string of the molecule is CN1CCNCC1c1noc(-c2ccc(NS(C)(=O)=O)cc2)n1. The number of nitrogens with one attached hydrogen (secondary N) is 2.